The summed E-state index contributed by atoms with van der Waals surface area (Å²) in [6.45, 7) is 7.22. The molecule has 0 bridgehead atoms. The topological polar surface area (TPSA) is 214 Å². The summed E-state index contributed by atoms with van der Waals surface area (Å²) in [5.74, 6) is -1.99. The van der Waals surface area contributed by atoms with Crippen LogP contribution in [0.3, 0.4) is 0 Å². The lowest BCUT2D eigenvalue weighted by Gasteiger charge is -2.32. The van der Waals surface area contributed by atoms with E-state index in [1.54, 1.807) is 41.3 Å². The summed E-state index contributed by atoms with van der Waals surface area (Å²) in [4.78, 5) is 77.7. The zero-order valence-electron chi connectivity index (χ0n) is 28.5. The first-order chi connectivity index (χ1) is 24.1. The molecule has 1 aromatic heterocycles. The van der Waals surface area contributed by atoms with E-state index < -0.39 is 35.7 Å². The van der Waals surface area contributed by atoms with Crippen LogP contribution in [0.15, 0.2) is 59.7 Å². The summed E-state index contributed by atoms with van der Waals surface area (Å²) in [5, 5.41) is 13.8. The molecule has 50 heavy (non-hydrogen) atoms. The molecule has 3 atom stereocenters. The second-order valence-electron chi connectivity index (χ2n) is 11.9. The molecule has 2 heterocycles. The number of nitrogens with zero attached hydrogens (tertiary/aromatic N) is 1. The molecule has 272 valence electrons. The van der Waals surface area contributed by atoms with Crippen LogP contribution >= 0.6 is 0 Å². The first-order valence-corrected chi connectivity index (χ1v) is 16.8. The number of hydrogen-bond donors (Lipinski definition) is 6. The predicted octanol–water partition coefficient (Wildman–Crippen LogP) is -0.307. The molecular weight excluding hydrogens is 646 g/mol. The van der Waals surface area contributed by atoms with Crippen LogP contribution in [0, 0.1) is 5.92 Å². The van der Waals surface area contributed by atoms with Crippen molar-refractivity contribution in [2.45, 2.75) is 57.7 Å². The number of nitrogens with one attached hydrogen (secondary N) is 5. The van der Waals surface area contributed by atoms with Gasteiger partial charge in [-0.25, -0.2) is 0 Å². The summed E-state index contributed by atoms with van der Waals surface area (Å²) >= 11 is 0. The summed E-state index contributed by atoms with van der Waals surface area (Å²) in [5.41, 5.74) is 6.77. The zero-order valence-corrected chi connectivity index (χ0v) is 28.5. The number of furan rings is 1. The molecule has 1 fully saturated rings. The Morgan fingerprint density at radius 1 is 0.980 bits per heavy atom. The molecule has 7 N–H and O–H groups in total. The average molecular weight is 696 g/mol. The van der Waals surface area contributed by atoms with Crippen molar-refractivity contribution in [2.24, 2.45) is 11.7 Å². The van der Waals surface area contributed by atoms with Crippen molar-refractivity contribution in [1.29, 1.82) is 0 Å². The van der Waals surface area contributed by atoms with Gasteiger partial charge in [0.2, 0.25) is 35.4 Å². The van der Waals surface area contributed by atoms with Gasteiger partial charge in [-0.3, -0.25) is 28.8 Å². The van der Waals surface area contributed by atoms with Gasteiger partial charge in [0.1, 0.15) is 17.8 Å². The number of carbonyl (C=O) groups excluding carboxylic acids is 6. The minimum atomic E-state index is -0.929. The molecule has 1 aliphatic heterocycles. The van der Waals surface area contributed by atoms with Gasteiger partial charge in [0, 0.05) is 52.6 Å². The molecule has 15 nitrogen and oxygen atoms in total. The minimum absolute atomic E-state index is 0.00128. The lowest BCUT2D eigenvalue weighted by molar-refractivity contribution is -0.136. The van der Waals surface area contributed by atoms with E-state index in [0.29, 0.717) is 56.0 Å². The number of nitrogens with two attached hydrogens (primary N) is 1. The van der Waals surface area contributed by atoms with E-state index in [2.05, 4.69) is 33.2 Å². The lowest BCUT2D eigenvalue weighted by atomic mass is 9.96. The molecule has 0 unspecified atom stereocenters. The first-order valence-electron chi connectivity index (χ1n) is 16.8. The highest BCUT2D eigenvalue weighted by Gasteiger charge is 2.31. The van der Waals surface area contributed by atoms with Crippen LogP contribution in [-0.2, 0) is 52.9 Å². The van der Waals surface area contributed by atoms with Crippen LogP contribution in [0.2, 0.25) is 0 Å². The van der Waals surface area contributed by atoms with E-state index in [9.17, 15) is 28.8 Å². The Labute approximate surface area is 292 Å². The van der Waals surface area contributed by atoms with Crippen LogP contribution in [0.25, 0.3) is 0 Å². The fraction of sp³-hybridized carbons (Fsp3) is 0.486. The summed E-state index contributed by atoms with van der Waals surface area (Å²) in [6, 6.07) is 8.74. The number of rotatable bonds is 20. The fourth-order valence-corrected chi connectivity index (χ4v) is 5.46. The molecule has 3 rings (SSSR count). The number of benzene rings is 1. The highest BCUT2D eigenvalue weighted by atomic mass is 16.5. The maximum Gasteiger partial charge on any atom is 0.244 e. The number of ether oxygens (including phenoxy) is 1. The van der Waals surface area contributed by atoms with E-state index >= 15 is 0 Å². The molecule has 0 radical (unpaired) electrons. The SMILES string of the molecule is C=CC(=O)N[C@@H](CCNC(=O)Cc1ccccc1CNC(=O)[C@H](Cc1ccco1)NC(=O)[C@@H]1CCCN(C(C)=O)C1)C(=O)NCCOCCN. The Morgan fingerprint density at radius 2 is 1.74 bits per heavy atom. The average Bonchev–Trinajstić information content (AvgIpc) is 3.63. The van der Waals surface area contributed by atoms with Gasteiger partial charge in [-0.15, -0.1) is 0 Å². The summed E-state index contributed by atoms with van der Waals surface area (Å²) < 4.78 is 10.7. The van der Waals surface area contributed by atoms with E-state index in [0.717, 1.165) is 6.08 Å². The molecule has 6 amide bonds. The van der Waals surface area contributed by atoms with Gasteiger partial charge in [0.25, 0.3) is 0 Å². The highest BCUT2D eigenvalue weighted by Crippen LogP contribution is 2.18. The van der Waals surface area contributed by atoms with Crippen LogP contribution in [0.4, 0.5) is 0 Å². The Bertz CT molecular complexity index is 1450. The smallest absolute Gasteiger partial charge is 0.244 e. The van der Waals surface area contributed by atoms with Gasteiger partial charge < -0.3 is 46.4 Å². The number of amides is 6. The minimum Gasteiger partial charge on any atom is -0.469 e. The number of hydrogen-bond acceptors (Lipinski definition) is 9. The summed E-state index contributed by atoms with van der Waals surface area (Å²) in [6.07, 6.45) is 4.13. The van der Waals surface area contributed by atoms with Gasteiger partial charge in [0.15, 0.2) is 0 Å². The second kappa shape index (κ2) is 21.1. The van der Waals surface area contributed by atoms with Gasteiger partial charge in [0.05, 0.1) is 31.8 Å². The van der Waals surface area contributed by atoms with Crippen molar-refractivity contribution in [3.63, 3.8) is 0 Å². The predicted molar refractivity (Wildman–Crippen MR) is 184 cm³/mol. The number of piperidine rings is 1. The third-order valence-corrected chi connectivity index (χ3v) is 8.16. The van der Waals surface area contributed by atoms with Gasteiger partial charge in [-0.1, -0.05) is 30.8 Å². The van der Waals surface area contributed by atoms with E-state index in [1.165, 1.54) is 13.2 Å². The number of carbonyl (C=O) groups is 6. The fourth-order valence-electron chi connectivity index (χ4n) is 5.46. The van der Waals surface area contributed by atoms with Crippen molar-refractivity contribution in [3.05, 3.63) is 72.2 Å². The molecule has 1 aromatic carbocycles. The highest BCUT2D eigenvalue weighted by molar-refractivity contribution is 5.92. The van der Waals surface area contributed by atoms with Crippen LogP contribution < -0.4 is 32.3 Å². The molecule has 2 aromatic rings. The zero-order chi connectivity index (χ0) is 36.3. The normalized spacial score (nSPS) is 15.2. The van der Waals surface area contributed by atoms with Gasteiger partial charge in [-0.2, -0.15) is 0 Å². The number of likely N-dealkylation sites (tertiary alicyclic amines) is 1. The second-order valence-corrected chi connectivity index (χ2v) is 11.9. The van der Waals surface area contributed by atoms with Gasteiger partial charge in [-0.05, 0) is 48.6 Å². The third kappa shape index (κ3) is 13.5. The monoisotopic (exact) mass is 695 g/mol. The molecule has 1 saturated heterocycles. The van der Waals surface area contributed by atoms with E-state index in [-0.39, 0.29) is 63.2 Å². The molecule has 15 heteroatoms. The van der Waals surface area contributed by atoms with Crippen molar-refractivity contribution >= 4 is 35.4 Å². The Hall–Kier alpha value is -5.02. The van der Waals surface area contributed by atoms with Crippen LogP contribution in [-0.4, -0.2) is 98.4 Å². The van der Waals surface area contributed by atoms with Crippen LogP contribution in [0.5, 0.6) is 0 Å². The van der Waals surface area contributed by atoms with Crippen molar-refractivity contribution in [3.8, 4) is 0 Å². The Morgan fingerprint density at radius 3 is 2.44 bits per heavy atom. The molecule has 0 spiro atoms. The maximum absolute atomic E-state index is 13.4. The standard InChI is InChI=1S/C35H49N7O8/c1-3-31(44)40-29(34(47)38-15-19-49-18-13-36)12-14-37-32(45)20-25-8-4-5-9-26(25)22-39-35(48)30(21-28-11-7-17-50-28)41-33(46)27-10-6-16-42(23-27)24(2)43/h3-5,7-9,11,17,27,29-30H,1,6,10,12-16,18-23,36H2,2H3,(H,37,45)(H,38,47)(H,39,48)(H,40,44)(H,41,46)/t27-,29+,30+/m1/s1. The van der Waals surface area contributed by atoms with E-state index in [1.807, 2.05) is 0 Å². The van der Waals surface area contributed by atoms with Gasteiger partial charge >= 0.3 is 0 Å². The van der Waals surface area contributed by atoms with E-state index in [4.69, 9.17) is 14.9 Å². The molecule has 0 aliphatic carbocycles. The Kier molecular flexibility index (Phi) is 16.7. The lowest BCUT2D eigenvalue weighted by Crippen LogP contribution is -2.52. The third-order valence-electron chi connectivity index (χ3n) is 8.16. The van der Waals surface area contributed by atoms with Crippen molar-refractivity contribution in [2.75, 3.05) is 45.9 Å². The molecular formula is C35H49N7O8. The first kappa shape index (κ1) is 39.4. The quantitative estimate of drug-likeness (QED) is 0.0791. The Balaban J connectivity index is 1.56. The van der Waals surface area contributed by atoms with Crippen molar-refractivity contribution in [1.82, 2.24) is 31.5 Å². The maximum atomic E-state index is 13.4. The largest absolute Gasteiger partial charge is 0.469 e. The molecule has 0 saturated carbocycles. The summed E-state index contributed by atoms with van der Waals surface area (Å²) in [7, 11) is 0. The van der Waals surface area contributed by atoms with Crippen molar-refractivity contribution < 1.29 is 37.9 Å². The molecule has 1 aliphatic rings. The van der Waals surface area contributed by atoms with Crippen LogP contribution in [0.1, 0.15) is 43.1 Å².